The number of benzene rings is 1. The molecule has 1 aliphatic rings. The molecule has 0 aromatic heterocycles. The van der Waals surface area contributed by atoms with E-state index in [0.29, 0.717) is 12.5 Å². The number of nitrogens with zero attached hydrogens (tertiary/aromatic N) is 3. The third-order valence-electron chi connectivity index (χ3n) is 4.75. The Morgan fingerprint density at radius 2 is 1.89 bits per heavy atom. The molecule has 0 amide bonds. The van der Waals surface area contributed by atoms with Crippen molar-refractivity contribution in [3.05, 3.63) is 47.2 Å². The molecule has 0 heterocycles. The number of alkyl halides is 3. The normalized spacial score (nSPS) is 16.8. The van der Waals surface area contributed by atoms with Crippen LogP contribution >= 0.6 is 0 Å². The van der Waals surface area contributed by atoms with Crippen LogP contribution in [0.2, 0.25) is 0 Å². The van der Waals surface area contributed by atoms with Crippen molar-refractivity contribution >= 4 is 0 Å². The van der Waals surface area contributed by atoms with E-state index in [2.05, 4.69) is 10.3 Å². The second-order valence-electron chi connectivity index (χ2n) is 7.23. The van der Waals surface area contributed by atoms with E-state index in [1.165, 1.54) is 19.8 Å². The Labute approximate surface area is 165 Å². The second kappa shape index (κ2) is 10.5. The Bertz CT molecular complexity index is 655. The monoisotopic (exact) mass is 397 g/mol. The van der Waals surface area contributed by atoms with Gasteiger partial charge < -0.3 is 4.74 Å². The minimum absolute atomic E-state index is 0.0196. The lowest BCUT2D eigenvalue weighted by Crippen LogP contribution is -2.24. The predicted molar refractivity (Wildman–Crippen MR) is 103 cm³/mol. The largest absolute Gasteiger partial charge is 0.493 e. The minimum atomic E-state index is -4.46. The molecular formula is C21H30F3N3O. The molecular weight excluding hydrogens is 367 g/mol. The maximum absolute atomic E-state index is 13.7. The summed E-state index contributed by atoms with van der Waals surface area (Å²) in [5, 5.41) is 10.0. The molecule has 0 bridgehead atoms. The minimum Gasteiger partial charge on any atom is -0.493 e. The summed E-state index contributed by atoms with van der Waals surface area (Å²) in [6.07, 6.45) is -1.90. The molecule has 1 aromatic rings. The topological polar surface area (TPSA) is 37.2 Å². The summed E-state index contributed by atoms with van der Waals surface area (Å²) in [7, 11) is 0. The highest BCUT2D eigenvalue weighted by Gasteiger charge is 2.40. The summed E-state index contributed by atoms with van der Waals surface area (Å²) < 4.78 is 46.8. The molecule has 1 saturated carbocycles. The van der Waals surface area contributed by atoms with E-state index in [1.807, 2.05) is 42.3 Å². The first kappa shape index (κ1) is 22.2. The smallest absolute Gasteiger partial charge is 0.416 e. The van der Waals surface area contributed by atoms with E-state index in [9.17, 15) is 13.2 Å². The van der Waals surface area contributed by atoms with Gasteiger partial charge in [-0.3, -0.25) is 5.01 Å². The molecule has 4 nitrogen and oxygen atoms in total. The van der Waals surface area contributed by atoms with Gasteiger partial charge >= 0.3 is 6.18 Å². The molecule has 2 rings (SSSR count). The number of allylic oxidation sites excluding steroid dienone is 1. The van der Waals surface area contributed by atoms with Gasteiger partial charge in [0.2, 0.25) is 0 Å². The van der Waals surface area contributed by atoms with Gasteiger partial charge in [0, 0.05) is 25.4 Å². The molecule has 0 N–H and O–H groups in total. The summed E-state index contributed by atoms with van der Waals surface area (Å²) >= 11 is 0. The summed E-state index contributed by atoms with van der Waals surface area (Å²) in [6, 6.07) is 9.19. The molecule has 1 aromatic carbocycles. The van der Waals surface area contributed by atoms with E-state index in [-0.39, 0.29) is 25.3 Å². The SMILES string of the molecule is CCC(OCc1ccccc1)=C(C(C)CN=NN(CC)CC1CC1)C(F)(F)F. The number of ether oxygens (including phenoxy) is 1. The molecule has 0 spiro atoms. The molecule has 1 atom stereocenters. The maximum Gasteiger partial charge on any atom is 0.416 e. The highest BCUT2D eigenvalue weighted by molar-refractivity contribution is 5.19. The quantitative estimate of drug-likeness (QED) is 0.255. The van der Waals surface area contributed by atoms with Crippen LogP contribution in [0.1, 0.15) is 45.6 Å². The molecule has 1 unspecified atom stereocenters. The Hall–Kier alpha value is -2.05. The Balaban J connectivity index is 2.06. The lowest BCUT2D eigenvalue weighted by molar-refractivity contribution is -0.103. The third-order valence-corrected chi connectivity index (χ3v) is 4.75. The number of hydrogen-bond donors (Lipinski definition) is 0. The van der Waals surface area contributed by atoms with Crippen molar-refractivity contribution < 1.29 is 17.9 Å². The number of hydrogen-bond acceptors (Lipinski definition) is 3. The Kier molecular flexibility index (Phi) is 8.33. The zero-order valence-corrected chi connectivity index (χ0v) is 16.9. The van der Waals surface area contributed by atoms with Crippen LogP contribution in [-0.4, -0.2) is 30.8 Å². The van der Waals surface area contributed by atoms with Gasteiger partial charge in [-0.2, -0.15) is 18.3 Å². The first-order chi connectivity index (χ1) is 13.3. The molecule has 0 aliphatic heterocycles. The Morgan fingerprint density at radius 3 is 2.43 bits per heavy atom. The van der Waals surface area contributed by atoms with E-state index in [1.54, 1.807) is 6.92 Å². The molecule has 1 aliphatic carbocycles. The zero-order valence-electron chi connectivity index (χ0n) is 16.9. The van der Waals surface area contributed by atoms with Crippen molar-refractivity contribution in [3.63, 3.8) is 0 Å². The van der Waals surface area contributed by atoms with Crippen LogP contribution in [0.25, 0.3) is 0 Å². The van der Waals surface area contributed by atoms with Crippen LogP contribution in [0.15, 0.2) is 52.0 Å². The van der Waals surface area contributed by atoms with Gasteiger partial charge in [-0.25, -0.2) is 0 Å². The lowest BCUT2D eigenvalue weighted by atomic mass is 9.98. The molecule has 1 fully saturated rings. The summed E-state index contributed by atoms with van der Waals surface area (Å²) in [4.78, 5) is 0. The van der Waals surface area contributed by atoms with Crippen LogP contribution in [0.5, 0.6) is 0 Å². The first-order valence-corrected chi connectivity index (χ1v) is 9.94. The zero-order chi connectivity index (χ0) is 20.6. The van der Waals surface area contributed by atoms with Crippen LogP contribution in [-0.2, 0) is 11.3 Å². The summed E-state index contributed by atoms with van der Waals surface area (Å²) in [6.45, 7) is 6.80. The van der Waals surface area contributed by atoms with Crippen molar-refractivity contribution in [2.45, 2.75) is 52.8 Å². The van der Waals surface area contributed by atoms with Gasteiger partial charge in [0.1, 0.15) is 12.4 Å². The van der Waals surface area contributed by atoms with Crippen molar-refractivity contribution in [1.29, 1.82) is 0 Å². The molecule has 0 saturated heterocycles. The molecule has 0 radical (unpaired) electrons. The first-order valence-electron chi connectivity index (χ1n) is 9.94. The van der Waals surface area contributed by atoms with Gasteiger partial charge in [-0.05, 0) is 31.2 Å². The highest BCUT2D eigenvalue weighted by atomic mass is 19.4. The second-order valence-corrected chi connectivity index (χ2v) is 7.23. The van der Waals surface area contributed by atoms with Gasteiger partial charge in [-0.1, -0.05) is 49.4 Å². The van der Waals surface area contributed by atoms with E-state index < -0.39 is 17.7 Å². The molecule has 7 heteroatoms. The third kappa shape index (κ3) is 7.17. The van der Waals surface area contributed by atoms with Gasteiger partial charge in [0.25, 0.3) is 0 Å². The standard InChI is InChI=1S/C21H30F3N3O/c1-4-19(28-15-18-9-7-6-8-10-18)20(21(22,23)24)16(3)13-25-26-27(5-2)14-17-11-12-17/h6-10,16-17H,4-5,11-15H2,1-3H3. The fraction of sp³-hybridized carbons (Fsp3) is 0.619. The van der Waals surface area contributed by atoms with Gasteiger partial charge in [0.05, 0.1) is 12.1 Å². The molecule has 156 valence electrons. The lowest BCUT2D eigenvalue weighted by Gasteiger charge is -2.22. The van der Waals surface area contributed by atoms with Crippen molar-refractivity contribution in [2.75, 3.05) is 19.6 Å². The Morgan fingerprint density at radius 1 is 1.21 bits per heavy atom. The maximum atomic E-state index is 13.7. The predicted octanol–water partition coefficient (Wildman–Crippen LogP) is 6.16. The fourth-order valence-electron chi connectivity index (χ4n) is 2.99. The highest BCUT2D eigenvalue weighted by Crippen LogP contribution is 2.36. The van der Waals surface area contributed by atoms with Gasteiger partial charge in [0.15, 0.2) is 0 Å². The average molecular weight is 397 g/mol. The summed E-state index contributed by atoms with van der Waals surface area (Å²) in [5.41, 5.74) is 0.191. The van der Waals surface area contributed by atoms with Crippen molar-refractivity contribution in [1.82, 2.24) is 5.01 Å². The van der Waals surface area contributed by atoms with E-state index >= 15 is 0 Å². The van der Waals surface area contributed by atoms with Crippen LogP contribution in [0, 0.1) is 11.8 Å². The van der Waals surface area contributed by atoms with Crippen LogP contribution < -0.4 is 0 Å². The van der Waals surface area contributed by atoms with Crippen molar-refractivity contribution in [3.8, 4) is 0 Å². The van der Waals surface area contributed by atoms with Crippen molar-refractivity contribution in [2.24, 2.45) is 22.2 Å². The van der Waals surface area contributed by atoms with E-state index in [0.717, 1.165) is 12.1 Å². The van der Waals surface area contributed by atoms with Gasteiger partial charge in [-0.15, -0.1) is 0 Å². The molecule has 28 heavy (non-hydrogen) atoms. The van der Waals surface area contributed by atoms with Crippen LogP contribution in [0.4, 0.5) is 13.2 Å². The van der Waals surface area contributed by atoms with E-state index in [4.69, 9.17) is 4.74 Å². The fourth-order valence-corrected chi connectivity index (χ4v) is 2.99. The number of rotatable bonds is 11. The average Bonchev–Trinajstić information content (AvgIpc) is 3.47. The summed E-state index contributed by atoms with van der Waals surface area (Å²) in [5.74, 6) is -0.196. The number of halogens is 3. The van der Waals surface area contributed by atoms with Crippen LogP contribution in [0.3, 0.4) is 0 Å².